The topological polar surface area (TPSA) is 38.1 Å². The Balaban J connectivity index is 2.33. The lowest BCUT2D eigenvalue weighted by Gasteiger charge is -2.05. The van der Waals surface area contributed by atoms with Crippen LogP contribution in [0.15, 0.2) is 35.2 Å². The molecule has 0 aromatic carbocycles. The second kappa shape index (κ2) is 4.94. The van der Waals surface area contributed by atoms with Crippen LogP contribution in [0, 0.1) is 6.92 Å². The zero-order chi connectivity index (χ0) is 11.4. The Hall–Kier alpha value is -1.61. The molecule has 0 saturated carbocycles. The van der Waals surface area contributed by atoms with Crippen molar-refractivity contribution in [3.63, 3.8) is 0 Å². The van der Waals surface area contributed by atoms with Gasteiger partial charge in [0.1, 0.15) is 5.76 Å². The molecule has 2 heterocycles. The molecule has 0 fully saturated rings. The first kappa shape index (κ1) is 10.9. The number of pyridine rings is 1. The van der Waals surface area contributed by atoms with Gasteiger partial charge in [-0.25, -0.2) is 0 Å². The van der Waals surface area contributed by atoms with Gasteiger partial charge in [0.2, 0.25) is 0 Å². The van der Waals surface area contributed by atoms with Gasteiger partial charge in [0.25, 0.3) is 0 Å². The Kier molecular flexibility index (Phi) is 3.37. The lowest BCUT2D eigenvalue weighted by Crippen LogP contribution is -2.11. The summed E-state index contributed by atoms with van der Waals surface area (Å²) in [7, 11) is 0. The molecule has 2 aromatic heterocycles. The lowest BCUT2D eigenvalue weighted by molar-refractivity contribution is 0.489. The number of nitrogens with zero attached hydrogens (tertiary/aromatic N) is 1. The number of aryl methyl sites for hydroxylation is 1. The summed E-state index contributed by atoms with van der Waals surface area (Å²) < 4.78 is 5.49. The van der Waals surface area contributed by atoms with Crippen LogP contribution in [0.3, 0.4) is 0 Å². The molecule has 0 radical (unpaired) electrons. The van der Waals surface area contributed by atoms with Crippen molar-refractivity contribution in [2.24, 2.45) is 0 Å². The Labute approximate surface area is 95.5 Å². The maximum atomic E-state index is 5.49. The van der Waals surface area contributed by atoms with Gasteiger partial charge in [-0.2, -0.15) is 0 Å². The third kappa shape index (κ3) is 2.14. The highest BCUT2D eigenvalue weighted by atomic mass is 16.3. The minimum Gasteiger partial charge on any atom is -0.467 e. The molecule has 0 bridgehead atoms. The lowest BCUT2D eigenvalue weighted by atomic mass is 10.0. The maximum absolute atomic E-state index is 5.49. The zero-order valence-corrected chi connectivity index (χ0v) is 9.66. The van der Waals surface area contributed by atoms with E-state index in [0.717, 1.165) is 24.4 Å². The van der Waals surface area contributed by atoms with E-state index in [1.54, 1.807) is 6.26 Å². The fourth-order valence-corrected chi connectivity index (χ4v) is 1.73. The first-order valence-electron chi connectivity index (χ1n) is 5.51. The Bertz CT molecular complexity index is 462. The molecule has 1 N–H and O–H groups in total. The molecule has 0 spiro atoms. The van der Waals surface area contributed by atoms with Crippen molar-refractivity contribution in [1.29, 1.82) is 0 Å². The molecule has 16 heavy (non-hydrogen) atoms. The number of hydrogen-bond acceptors (Lipinski definition) is 3. The molecule has 2 rings (SSSR count). The Morgan fingerprint density at radius 1 is 1.31 bits per heavy atom. The van der Waals surface area contributed by atoms with E-state index in [1.807, 2.05) is 24.5 Å². The van der Waals surface area contributed by atoms with Crippen molar-refractivity contribution >= 4 is 0 Å². The van der Waals surface area contributed by atoms with Crippen LogP contribution in [0.4, 0.5) is 0 Å². The third-order valence-electron chi connectivity index (χ3n) is 2.59. The third-order valence-corrected chi connectivity index (χ3v) is 2.59. The summed E-state index contributed by atoms with van der Waals surface area (Å²) in [6.07, 6.45) is 5.42. The summed E-state index contributed by atoms with van der Waals surface area (Å²) in [5, 5.41) is 3.27. The van der Waals surface area contributed by atoms with Gasteiger partial charge in [-0.3, -0.25) is 4.98 Å². The average Bonchev–Trinajstić information content (AvgIpc) is 2.75. The van der Waals surface area contributed by atoms with Gasteiger partial charge in [-0.1, -0.05) is 6.92 Å². The SMILES string of the molecule is CCNCc1occc1-c1ccncc1C. The van der Waals surface area contributed by atoms with Gasteiger partial charge in [-0.05, 0) is 36.7 Å². The minimum atomic E-state index is 0.764. The quantitative estimate of drug-likeness (QED) is 0.854. The maximum Gasteiger partial charge on any atom is 0.125 e. The summed E-state index contributed by atoms with van der Waals surface area (Å²) in [5.74, 6) is 0.983. The van der Waals surface area contributed by atoms with Crippen LogP contribution < -0.4 is 5.32 Å². The second-order valence-electron chi connectivity index (χ2n) is 3.73. The van der Waals surface area contributed by atoms with Gasteiger partial charge in [-0.15, -0.1) is 0 Å². The largest absolute Gasteiger partial charge is 0.467 e. The number of furan rings is 1. The molecule has 0 saturated heterocycles. The van der Waals surface area contributed by atoms with Gasteiger partial charge in [0.05, 0.1) is 12.8 Å². The fraction of sp³-hybridized carbons (Fsp3) is 0.308. The highest BCUT2D eigenvalue weighted by Crippen LogP contribution is 2.26. The van der Waals surface area contributed by atoms with E-state index in [-0.39, 0.29) is 0 Å². The number of aromatic nitrogens is 1. The standard InChI is InChI=1S/C13H16N2O/c1-3-14-9-13-12(5-7-16-13)11-4-6-15-8-10(11)2/h4-8,14H,3,9H2,1-2H3. The molecule has 0 aliphatic carbocycles. The van der Waals surface area contributed by atoms with Crippen molar-refractivity contribution in [2.45, 2.75) is 20.4 Å². The normalized spacial score (nSPS) is 10.6. The summed E-state index contributed by atoms with van der Waals surface area (Å²) >= 11 is 0. The predicted octanol–water partition coefficient (Wildman–Crippen LogP) is 2.76. The molecule has 0 aliphatic rings. The van der Waals surface area contributed by atoms with Gasteiger partial charge < -0.3 is 9.73 Å². The van der Waals surface area contributed by atoms with Crippen molar-refractivity contribution in [3.05, 3.63) is 42.1 Å². The van der Waals surface area contributed by atoms with Crippen molar-refractivity contribution in [2.75, 3.05) is 6.54 Å². The summed E-state index contributed by atoms with van der Waals surface area (Å²) in [6, 6.07) is 4.03. The first-order chi connectivity index (χ1) is 7.83. The molecule has 2 aromatic rings. The van der Waals surface area contributed by atoms with Crippen molar-refractivity contribution in [1.82, 2.24) is 10.3 Å². The Morgan fingerprint density at radius 2 is 2.19 bits per heavy atom. The van der Waals surface area contributed by atoms with Crippen LogP contribution in [0.2, 0.25) is 0 Å². The highest BCUT2D eigenvalue weighted by Gasteiger charge is 2.09. The van der Waals surface area contributed by atoms with Crippen molar-refractivity contribution < 1.29 is 4.42 Å². The number of nitrogens with one attached hydrogen (secondary N) is 1. The summed E-state index contributed by atoms with van der Waals surface area (Å²) in [5.41, 5.74) is 3.51. The number of rotatable bonds is 4. The average molecular weight is 216 g/mol. The number of hydrogen-bond donors (Lipinski definition) is 1. The molecule has 3 heteroatoms. The van der Waals surface area contributed by atoms with E-state index in [2.05, 4.69) is 24.1 Å². The van der Waals surface area contributed by atoms with E-state index in [4.69, 9.17) is 4.42 Å². The first-order valence-corrected chi connectivity index (χ1v) is 5.51. The van der Waals surface area contributed by atoms with Crippen LogP contribution in [0.5, 0.6) is 0 Å². The molecule has 0 atom stereocenters. The van der Waals surface area contributed by atoms with E-state index in [1.165, 1.54) is 11.1 Å². The van der Waals surface area contributed by atoms with Crippen LogP contribution in [0.25, 0.3) is 11.1 Å². The fourth-order valence-electron chi connectivity index (χ4n) is 1.73. The second-order valence-corrected chi connectivity index (χ2v) is 3.73. The highest BCUT2D eigenvalue weighted by molar-refractivity contribution is 5.68. The van der Waals surface area contributed by atoms with E-state index in [9.17, 15) is 0 Å². The van der Waals surface area contributed by atoms with E-state index < -0.39 is 0 Å². The Morgan fingerprint density at radius 3 is 2.94 bits per heavy atom. The molecular weight excluding hydrogens is 200 g/mol. The molecule has 0 amide bonds. The van der Waals surface area contributed by atoms with E-state index in [0.29, 0.717) is 0 Å². The zero-order valence-electron chi connectivity index (χ0n) is 9.66. The van der Waals surface area contributed by atoms with Crippen LogP contribution in [-0.4, -0.2) is 11.5 Å². The van der Waals surface area contributed by atoms with Crippen molar-refractivity contribution in [3.8, 4) is 11.1 Å². The minimum absolute atomic E-state index is 0.764. The van der Waals surface area contributed by atoms with Crippen LogP contribution >= 0.6 is 0 Å². The van der Waals surface area contributed by atoms with Crippen LogP contribution in [0.1, 0.15) is 18.2 Å². The summed E-state index contributed by atoms with van der Waals surface area (Å²) in [4.78, 5) is 4.10. The predicted molar refractivity (Wildman–Crippen MR) is 64.1 cm³/mol. The van der Waals surface area contributed by atoms with E-state index >= 15 is 0 Å². The molecular formula is C13H16N2O. The smallest absolute Gasteiger partial charge is 0.125 e. The molecule has 0 unspecified atom stereocenters. The van der Waals surface area contributed by atoms with Gasteiger partial charge >= 0.3 is 0 Å². The summed E-state index contributed by atoms with van der Waals surface area (Å²) in [6.45, 7) is 5.85. The molecule has 3 nitrogen and oxygen atoms in total. The monoisotopic (exact) mass is 216 g/mol. The van der Waals surface area contributed by atoms with Crippen LogP contribution in [-0.2, 0) is 6.54 Å². The molecule has 0 aliphatic heterocycles. The van der Waals surface area contributed by atoms with Gasteiger partial charge in [0, 0.05) is 18.0 Å². The van der Waals surface area contributed by atoms with Gasteiger partial charge in [0.15, 0.2) is 0 Å². The molecule has 84 valence electrons.